The molecule has 2 aromatic carbocycles. The van der Waals surface area contributed by atoms with Crippen molar-refractivity contribution in [3.8, 4) is 5.75 Å². The summed E-state index contributed by atoms with van der Waals surface area (Å²) in [5.41, 5.74) is 2.14. The molecular formula is C18H21BrN2O4S. The molecule has 6 nitrogen and oxygen atoms in total. The van der Waals surface area contributed by atoms with E-state index in [4.69, 9.17) is 9.47 Å². The molecule has 0 amide bonds. The Morgan fingerprint density at radius 2 is 1.88 bits per heavy atom. The number of ether oxygens (including phenoxy) is 2. The molecule has 1 heterocycles. The maximum atomic E-state index is 12.9. The number of halogens is 1. The molecule has 0 saturated carbocycles. The Kier molecular flexibility index (Phi) is 5.74. The lowest BCUT2D eigenvalue weighted by molar-refractivity contribution is 0.123. The van der Waals surface area contributed by atoms with Crippen molar-refractivity contribution in [2.45, 2.75) is 11.8 Å². The van der Waals surface area contributed by atoms with Gasteiger partial charge in [0.25, 0.3) is 10.0 Å². The molecule has 0 aromatic heterocycles. The van der Waals surface area contributed by atoms with Gasteiger partial charge in [-0.1, -0.05) is 15.9 Å². The third-order valence-corrected chi connectivity index (χ3v) is 6.09. The van der Waals surface area contributed by atoms with E-state index in [9.17, 15) is 8.42 Å². The number of hydrogen-bond donors (Lipinski definition) is 1. The average Bonchev–Trinajstić information content (AvgIpc) is 2.62. The first-order chi connectivity index (χ1) is 12.4. The summed E-state index contributed by atoms with van der Waals surface area (Å²) in [6.07, 6.45) is 0. The minimum Gasteiger partial charge on any atom is -0.496 e. The molecule has 3 rings (SSSR count). The van der Waals surface area contributed by atoms with Gasteiger partial charge in [-0.25, -0.2) is 8.42 Å². The van der Waals surface area contributed by atoms with E-state index in [1.165, 1.54) is 0 Å². The fourth-order valence-electron chi connectivity index (χ4n) is 2.89. The number of hydrogen-bond acceptors (Lipinski definition) is 5. The summed E-state index contributed by atoms with van der Waals surface area (Å²) in [7, 11) is -2.16. The number of sulfonamides is 1. The Morgan fingerprint density at radius 3 is 2.54 bits per heavy atom. The van der Waals surface area contributed by atoms with Crippen LogP contribution in [0.4, 0.5) is 11.4 Å². The van der Waals surface area contributed by atoms with Gasteiger partial charge in [0, 0.05) is 17.6 Å². The number of anilines is 2. The van der Waals surface area contributed by atoms with Crippen LogP contribution in [0, 0.1) is 6.92 Å². The monoisotopic (exact) mass is 440 g/mol. The van der Waals surface area contributed by atoms with Gasteiger partial charge in [0.1, 0.15) is 5.75 Å². The van der Waals surface area contributed by atoms with Gasteiger partial charge in [0.15, 0.2) is 0 Å². The van der Waals surface area contributed by atoms with Gasteiger partial charge >= 0.3 is 0 Å². The quantitative estimate of drug-likeness (QED) is 0.771. The molecule has 1 aliphatic heterocycles. The molecule has 0 atom stereocenters. The molecule has 0 radical (unpaired) electrons. The number of rotatable bonds is 5. The van der Waals surface area contributed by atoms with E-state index in [1.54, 1.807) is 31.4 Å². The maximum Gasteiger partial charge on any atom is 0.261 e. The van der Waals surface area contributed by atoms with Gasteiger partial charge in [-0.2, -0.15) is 0 Å². The number of morpholine rings is 1. The van der Waals surface area contributed by atoms with Crippen molar-refractivity contribution in [2.24, 2.45) is 0 Å². The van der Waals surface area contributed by atoms with Crippen molar-refractivity contribution in [1.82, 2.24) is 0 Å². The zero-order valence-corrected chi connectivity index (χ0v) is 17.1. The second kappa shape index (κ2) is 7.85. The van der Waals surface area contributed by atoms with Gasteiger partial charge in [-0.05, 0) is 48.9 Å². The predicted octanol–water partition coefficient (Wildman–Crippen LogP) is 3.40. The first-order valence-electron chi connectivity index (χ1n) is 8.20. The molecule has 0 spiro atoms. The van der Waals surface area contributed by atoms with E-state index < -0.39 is 10.0 Å². The average molecular weight is 441 g/mol. The fraction of sp³-hybridized carbons (Fsp3) is 0.333. The second-order valence-corrected chi connectivity index (χ2v) is 8.60. The standard InChI is InChI=1S/C18H21BrN2O4S/c1-13-11-15(4-6-18(13)24-2)26(22,23)20-16-12-14(19)3-5-17(16)21-7-9-25-10-8-21/h3-6,11-12,20H,7-10H2,1-2H3. The van der Waals surface area contributed by atoms with Crippen LogP contribution in [0.3, 0.4) is 0 Å². The summed E-state index contributed by atoms with van der Waals surface area (Å²) in [4.78, 5) is 2.32. The van der Waals surface area contributed by atoms with Crippen molar-refractivity contribution in [2.75, 3.05) is 43.0 Å². The third kappa shape index (κ3) is 4.13. The zero-order chi connectivity index (χ0) is 18.7. The van der Waals surface area contributed by atoms with Crippen molar-refractivity contribution < 1.29 is 17.9 Å². The number of nitrogens with zero attached hydrogens (tertiary/aromatic N) is 1. The number of aryl methyl sites for hydroxylation is 1. The lowest BCUT2D eigenvalue weighted by Crippen LogP contribution is -2.36. The van der Waals surface area contributed by atoms with Crippen LogP contribution in [0.15, 0.2) is 45.8 Å². The van der Waals surface area contributed by atoms with Gasteiger partial charge < -0.3 is 14.4 Å². The minimum absolute atomic E-state index is 0.198. The Morgan fingerprint density at radius 1 is 1.15 bits per heavy atom. The molecule has 0 unspecified atom stereocenters. The SMILES string of the molecule is COc1ccc(S(=O)(=O)Nc2cc(Br)ccc2N2CCOCC2)cc1C. The Balaban J connectivity index is 1.94. The molecule has 0 aliphatic carbocycles. The molecule has 1 N–H and O–H groups in total. The highest BCUT2D eigenvalue weighted by atomic mass is 79.9. The van der Waals surface area contributed by atoms with Gasteiger partial charge in [0.05, 0.1) is 36.6 Å². The van der Waals surface area contributed by atoms with E-state index in [-0.39, 0.29) is 4.90 Å². The maximum absolute atomic E-state index is 12.9. The topological polar surface area (TPSA) is 67.9 Å². The smallest absolute Gasteiger partial charge is 0.261 e. The highest BCUT2D eigenvalue weighted by molar-refractivity contribution is 9.10. The molecular weight excluding hydrogens is 420 g/mol. The predicted molar refractivity (Wildman–Crippen MR) is 106 cm³/mol. The van der Waals surface area contributed by atoms with Crippen LogP contribution in [0.1, 0.15) is 5.56 Å². The molecule has 0 bridgehead atoms. The first kappa shape index (κ1) is 19.0. The molecule has 26 heavy (non-hydrogen) atoms. The van der Waals surface area contributed by atoms with Crippen LogP contribution in [-0.4, -0.2) is 41.8 Å². The normalized spacial score (nSPS) is 15.0. The third-order valence-electron chi connectivity index (χ3n) is 4.23. The van der Waals surface area contributed by atoms with Crippen molar-refractivity contribution in [3.05, 3.63) is 46.4 Å². The fourth-order valence-corrected chi connectivity index (χ4v) is 4.40. The Hall–Kier alpha value is -1.77. The van der Waals surface area contributed by atoms with E-state index in [1.807, 2.05) is 19.1 Å². The van der Waals surface area contributed by atoms with Gasteiger partial charge in [0.2, 0.25) is 0 Å². The van der Waals surface area contributed by atoms with E-state index in [0.29, 0.717) is 24.7 Å². The lowest BCUT2D eigenvalue weighted by atomic mass is 10.2. The highest BCUT2D eigenvalue weighted by Gasteiger charge is 2.21. The Bertz CT molecular complexity index is 896. The molecule has 1 saturated heterocycles. The number of benzene rings is 2. The molecule has 1 aliphatic rings. The first-order valence-corrected chi connectivity index (χ1v) is 10.5. The minimum atomic E-state index is -3.72. The summed E-state index contributed by atoms with van der Waals surface area (Å²) < 4.78 is 39.9. The van der Waals surface area contributed by atoms with Gasteiger partial charge in [-0.15, -0.1) is 0 Å². The zero-order valence-electron chi connectivity index (χ0n) is 14.7. The molecule has 8 heteroatoms. The van der Waals surface area contributed by atoms with E-state index in [2.05, 4.69) is 25.6 Å². The van der Waals surface area contributed by atoms with Gasteiger partial charge in [-0.3, -0.25) is 4.72 Å². The van der Waals surface area contributed by atoms with Crippen molar-refractivity contribution in [3.63, 3.8) is 0 Å². The second-order valence-electron chi connectivity index (χ2n) is 6.00. The molecule has 2 aromatic rings. The van der Waals surface area contributed by atoms with E-state index >= 15 is 0 Å². The summed E-state index contributed by atoms with van der Waals surface area (Å²) >= 11 is 3.42. The highest BCUT2D eigenvalue weighted by Crippen LogP contribution is 2.32. The lowest BCUT2D eigenvalue weighted by Gasteiger charge is -2.30. The molecule has 140 valence electrons. The van der Waals surface area contributed by atoms with Crippen LogP contribution in [0.25, 0.3) is 0 Å². The van der Waals surface area contributed by atoms with Crippen LogP contribution in [-0.2, 0) is 14.8 Å². The molecule has 1 fully saturated rings. The Labute approximate surface area is 162 Å². The van der Waals surface area contributed by atoms with Crippen molar-refractivity contribution in [1.29, 1.82) is 0 Å². The number of nitrogens with one attached hydrogen (secondary N) is 1. The van der Waals surface area contributed by atoms with Crippen LogP contribution < -0.4 is 14.4 Å². The van der Waals surface area contributed by atoms with Crippen LogP contribution in [0.5, 0.6) is 5.75 Å². The largest absolute Gasteiger partial charge is 0.496 e. The summed E-state index contributed by atoms with van der Waals surface area (Å²) in [6, 6.07) is 10.4. The number of methoxy groups -OCH3 is 1. The van der Waals surface area contributed by atoms with Crippen LogP contribution >= 0.6 is 15.9 Å². The summed E-state index contributed by atoms with van der Waals surface area (Å²) in [5.74, 6) is 0.653. The summed E-state index contributed by atoms with van der Waals surface area (Å²) in [5, 5.41) is 0. The summed E-state index contributed by atoms with van der Waals surface area (Å²) in [6.45, 7) is 4.51. The van der Waals surface area contributed by atoms with E-state index in [0.717, 1.165) is 28.8 Å². The van der Waals surface area contributed by atoms with Crippen LogP contribution in [0.2, 0.25) is 0 Å². The van der Waals surface area contributed by atoms with Crippen molar-refractivity contribution >= 4 is 37.3 Å².